The number of carbonyl (C=O) groups is 1. The topological polar surface area (TPSA) is 69.7 Å². The minimum absolute atomic E-state index is 0.181. The second-order valence-corrected chi connectivity index (χ2v) is 11.2. The van der Waals surface area contributed by atoms with Crippen LogP contribution in [-0.4, -0.2) is 51.4 Å². The Balaban J connectivity index is 1.50. The van der Waals surface area contributed by atoms with Gasteiger partial charge in [0.05, 0.1) is 0 Å². The quantitative estimate of drug-likeness (QED) is 0.558. The van der Waals surface area contributed by atoms with Crippen LogP contribution in [0.1, 0.15) is 16.7 Å². The number of amides is 1. The van der Waals surface area contributed by atoms with Crippen LogP contribution in [-0.2, 0) is 21.2 Å². The predicted molar refractivity (Wildman–Crippen MR) is 133 cm³/mol. The Morgan fingerprint density at radius 1 is 0.970 bits per heavy atom. The van der Waals surface area contributed by atoms with E-state index >= 15 is 0 Å². The van der Waals surface area contributed by atoms with Gasteiger partial charge < -0.3 is 9.80 Å². The molecular weight excluding hydrogens is 454 g/mol. The summed E-state index contributed by atoms with van der Waals surface area (Å²) >= 11 is 1.14. The Morgan fingerprint density at radius 2 is 1.70 bits per heavy atom. The molecule has 0 saturated carbocycles. The highest BCUT2D eigenvalue weighted by atomic mass is 32.2. The highest BCUT2D eigenvalue weighted by Gasteiger charge is 2.32. The molecular formula is C25H29N3O3S2. The summed E-state index contributed by atoms with van der Waals surface area (Å²) in [6.45, 7) is 6.76. The van der Waals surface area contributed by atoms with E-state index in [-0.39, 0.29) is 10.1 Å². The van der Waals surface area contributed by atoms with Crippen molar-refractivity contribution < 1.29 is 13.2 Å². The van der Waals surface area contributed by atoms with E-state index in [1.807, 2.05) is 30.3 Å². The number of nitrogens with zero attached hydrogens (tertiary/aromatic N) is 2. The smallest absolute Gasteiger partial charge is 0.250 e. The van der Waals surface area contributed by atoms with Crippen molar-refractivity contribution in [3.05, 3.63) is 82.7 Å². The maximum Gasteiger partial charge on any atom is 0.250 e. The van der Waals surface area contributed by atoms with E-state index in [4.69, 9.17) is 0 Å². The van der Waals surface area contributed by atoms with Gasteiger partial charge in [-0.25, -0.2) is 8.42 Å². The summed E-state index contributed by atoms with van der Waals surface area (Å²) in [4.78, 5) is 17.6. The summed E-state index contributed by atoms with van der Waals surface area (Å²) < 4.78 is 28.7. The van der Waals surface area contributed by atoms with Gasteiger partial charge in [-0.1, -0.05) is 48.5 Å². The van der Waals surface area contributed by atoms with Gasteiger partial charge in [0.15, 0.2) is 0 Å². The van der Waals surface area contributed by atoms with Gasteiger partial charge in [0.2, 0.25) is 5.91 Å². The summed E-state index contributed by atoms with van der Waals surface area (Å²) in [6.07, 6.45) is 0.307. The fourth-order valence-electron chi connectivity index (χ4n) is 4.16. The molecule has 1 unspecified atom stereocenters. The molecule has 0 spiro atoms. The number of thiophene rings is 1. The van der Waals surface area contributed by atoms with Crippen molar-refractivity contribution in [2.75, 3.05) is 31.1 Å². The molecule has 0 radical (unpaired) electrons. The lowest BCUT2D eigenvalue weighted by molar-refractivity contribution is -0.133. The standard InChI is InChI=1S/C25H29N3O3S2/c1-19-8-6-11-23(20(19)2)27-13-15-28(16-14-27)25(29)22(18-21-9-4-3-5-10-21)26-33(30,31)24-12-7-17-32-24/h3-12,17,22,26H,13-16,18H2,1-2H3. The van der Waals surface area contributed by atoms with Gasteiger partial charge in [0, 0.05) is 31.9 Å². The maximum absolute atomic E-state index is 13.5. The van der Waals surface area contributed by atoms with Crippen molar-refractivity contribution >= 4 is 33.0 Å². The fraction of sp³-hybridized carbons (Fsp3) is 0.320. The van der Waals surface area contributed by atoms with Crippen molar-refractivity contribution in [2.24, 2.45) is 0 Å². The Hall–Kier alpha value is -2.68. The maximum atomic E-state index is 13.5. The zero-order valence-corrected chi connectivity index (χ0v) is 20.5. The molecule has 1 amide bonds. The van der Waals surface area contributed by atoms with Crippen molar-refractivity contribution in [1.29, 1.82) is 0 Å². The van der Waals surface area contributed by atoms with Gasteiger partial charge in [-0.2, -0.15) is 4.72 Å². The number of nitrogens with one attached hydrogen (secondary N) is 1. The molecule has 1 saturated heterocycles. The number of rotatable bonds is 7. The van der Waals surface area contributed by atoms with E-state index < -0.39 is 16.1 Å². The molecule has 33 heavy (non-hydrogen) atoms. The molecule has 0 bridgehead atoms. The number of carbonyl (C=O) groups excluding carboxylic acids is 1. The molecule has 0 aliphatic carbocycles. The first-order valence-corrected chi connectivity index (χ1v) is 13.4. The highest BCUT2D eigenvalue weighted by molar-refractivity contribution is 7.91. The third-order valence-electron chi connectivity index (χ3n) is 6.15. The number of piperazine rings is 1. The molecule has 2 aromatic carbocycles. The number of benzene rings is 2. The van der Waals surface area contributed by atoms with Crippen molar-refractivity contribution in [1.82, 2.24) is 9.62 Å². The second kappa shape index (κ2) is 10.1. The summed E-state index contributed by atoms with van der Waals surface area (Å²) in [5, 5.41) is 1.72. The number of hydrogen-bond donors (Lipinski definition) is 1. The van der Waals surface area contributed by atoms with Crippen LogP contribution in [0.15, 0.2) is 70.3 Å². The second-order valence-electron chi connectivity index (χ2n) is 8.33. The molecule has 8 heteroatoms. The van der Waals surface area contributed by atoms with Crippen LogP contribution in [0.5, 0.6) is 0 Å². The van der Waals surface area contributed by atoms with Crippen LogP contribution >= 0.6 is 11.3 Å². The van der Waals surface area contributed by atoms with E-state index in [0.717, 1.165) is 16.9 Å². The lowest BCUT2D eigenvalue weighted by Gasteiger charge is -2.38. The lowest BCUT2D eigenvalue weighted by atomic mass is 10.0. The van der Waals surface area contributed by atoms with Crippen LogP contribution in [0, 0.1) is 13.8 Å². The summed E-state index contributed by atoms with van der Waals surface area (Å²) in [6, 6.07) is 18.2. The van der Waals surface area contributed by atoms with E-state index in [1.165, 1.54) is 16.8 Å². The highest BCUT2D eigenvalue weighted by Crippen LogP contribution is 2.24. The third kappa shape index (κ3) is 5.46. The Kier molecular flexibility index (Phi) is 7.17. The van der Waals surface area contributed by atoms with Gasteiger partial charge in [-0.05, 0) is 54.5 Å². The first kappa shape index (κ1) is 23.5. The van der Waals surface area contributed by atoms with Gasteiger partial charge >= 0.3 is 0 Å². The molecule has 3 aromatic rings. The molecule has 1 atom stereocenters. The van der Waals surface area contributed by atoms with Gasteiger partial charge in [-0.3, -0.25) is 4.79 Å². The average Bonchev–Trinajstić information content (AvgIpc) is 3.37. The molecule has 2 heterocycles. The first-order valence-electron chi connectivity index (χ1n) is 11.0. The molecule has 1 aliphatic rings. The van der Waals surface area contributed by atoms with E-state index in [9.17, 15) is 13.2 Å². The average molecular weight is 484 g/mol. The Labute approximate surface area is 199 Å². The minimum atomic E-state index is -3.77. The third-order valence-corrected chi connectivity index (χ3v) is 9.02. The summed E-state index contributed by atoms with van der Waals surface area (Å²) in [5.41, 5.74) is 4.61. The minimum Gasteiger partial charge on any atom is -0.368 e. The van der Waals surface area contributed by atoms with E-state index in [2.05, 4.69) is 41.7 Å². The molecule has 4 rings (SSSR count). The monoisotopic (exact) mass is 483 g/mol. The van der Waals surface area contributed by atoms with Crippen molar-refractivity contribution in [2.45, 2.75) is 30.5 Å². The van der Waals surface area contributed by atoms with E-state index in [1.54, 1.807) is 22.4 Å². The molecule has 174 valence electrons. The lowest BCUT2D eigenvalue weighted by Crippen LogP contribution is -2.55. The number of aryl methyl sites for hydroxylation is 1. The van der Waals surface area contributed by atoms with Crippen LogP contribution in [0.2, 0.25) is 0 Å². The van der Waals surface area contributed by atoms with E-state index in [0.29, 0.717) is 32.6 Å². The zero-order chi connectivity index (χ0) is 23.4. The molecule has 1 fully saturated rings. The number of anilines is 1. The van der Waals surface area contributed by atoms with Crippen molar-refractivity contribution in [3.8, 4) is 0 Å². The van der Waals surface area contributed by atoms with Crippen LogP contribution in [0.3, 0.4) is 0 Å². The first-order chi connectivity index (χ1) is 15.8. The molecule has 1 N–H and O–H groups in total. The Bertz CT molecular complexity index is 1190. The fourth-order valence-corrected chi connectivity index (χ4v) is 6.36. The van der Waals surface area contributed by atoms with Crippen LogP contribution in [0.4, 0.5) is 5.69 Å². The predicted octanol–water partition coefficient (Wildman–Crippen LogP) is 3.60. The van der Waals surface area contributed by atoms with Crippen molar-refractivity contribution in [3.63, 3.8) is 0 Å². The SMILES string of the molecule is Cc1cccc(N2CCN(C(=O)C(Cc3ccccc3)NS(=O)(=O)c3cccs3)CC2)c1C. The summed E-state index contributed by atoms with van der Waals surface area (Å²) in [5.74, 6) is -0.181. The van der Waals surface area contributed by atoms with Gasteiger partial charge in [0.1, 0.15) is 10.3 Å². The largest absolute Gasteiger partial charge is 0.368 e. The zero-order valence-electron chi connectivity index (χ0n) is 18.9. The molecule has 1 aromatic heterocycles. The van der Waals surface area contributed by atoms with Crippen LogP contribution in [0.25, 0.3) is 0 Å². The Morgan fingerprint density at radius 3 is 2.36 bits per heavy atom. The number of sulfonamides is 1. The van der Waals surface area contributed by atoms with Crippen LogP contribution < -0.4 is 9.62 Å². The normalized spacial score (nSPS) is 15.5. The number of hydrogen-bond acceptors (Lipinski definition) is 5. The molecule has 6 nitrogen and oxygen atoms in total. The molecule has 1 aliphatic heterocycles. The summed E-state index contributed by atoms with van der Waals surface area (Å²) in [7, 11) is -3.77. The van der Waals surface area contributed by atoms with Gasteiger partial charge in [0.25, 0.3) is 10.0 Å². The van der Waals surface area contributed by atoms with Gasteiger partial charge in [-0.15, -0.1) is 11.3 Å².